The first-order chi connectivity index (χ1) is 17.5. The summed E-state index contributed by atoms with van der Waals surface area (Å²) < 4.78 is 21.5. The van der Waals surface area contributed by atoms with Crippen LogP contribution in [0.1, 0.15) is 30.4 Å². The third-order valence-corrected chi connectivity index (χ3v) is 6.35. The number of methoxy groups -OCH3 is 1. The van der Waals surface area contributed by atoms with Crippen molar-refractivity contribution >= 4 is 34.6 Å². The van der Waals surface area contributed by atoms with Gasteiger partial charge < -0.3 is 24.8 Å². The van der Waals surface area contributed by atoms with Gasteiger partial charge in [0.05, 0.1) is 24.5 Å². The Morgan fingerprint density at radius 3 is 2.67 bits per heavy atom. The highest BCUT2D eigenvalue weighted by molar-refractivity contribution is 7.80. The summed E-state index contributed by atoms with van der Waals surface area (Å²) in [5.41, 5.74) is 3.69. The normalized spacial score (nSPS) is 17.1. The van der Waals surface area contributed by atoms with Crippen LogP contribution in [0, 0.1) is 5.82 Å². The lowest BCUT2D eigenvalue weighted by atomic mass is 10.0. The van der Waals surface area contributed by atoms with E-state index in [9.17, 15) is 9.18 Å². The molecule has 0 radical (unpaired) electrons. The molecule has 1 aliphatic rings. The van der Waals surface area contributed by atoms with Crippen LogP contribution in [0.15, 0.2) is 85.2 Å². The van der Waals surface area contributed by atoms with Gasteiger partial charge in [-0.2, -0.15) is 0 Å². The second-order valence-electron chi connectivity index (χ2n) is 8.35. The van der Waals surface area contributed by atoms with Crippen LogP contribution in [0.25, 0.3) is 5.69 Å². The molecule has 2 N–H and O–H groups in total. The summed E-state index contributed by atoms with van der Waals surface area (Å²) in [5.74, 6) is 0.00362. The molecule has 0 bridgehead atoms. The monoisotopic (exact) mass is 501 g/mol. The Hall–Kier alpha value is -4.24. The number of nitrogens with one attached hydrogen (secondary N) is 2. The molecule has 1 aliphatic heterocycles. The van der Waals surface area contributed by atoms with Crippen LogP contribution in [-0.4, -0.2) is 27.7 Å². The van der Waals surface area contributed by atoms with Gasteiger partial charge in [-0.25, -0.2) is 4.39 Å². The number of rotatable bonds is 6. The van der Waals surface area contributed by atoms with Crippen LogP contribution < -0.4 is 20.3 Å². The fourth-order valence-corrected chi connectivity index (χ4v) is 4.91. The predicted octanol–water partition coefficient (Wildman–Crippen LogP) is 5.16. The van der Waals surface area contributed by atoms with Gasteiger partial charge in [0, 0.05) is 36.4 Å². The maximum atomic E-state index is 14.1. The Morgan fingerprint density at radius 2 is 1.94 bits per heavy atom. The van der Waals surface area contributed by atoms with Gasteiger partial charge >= 0.3 is 0 Å². The molecule has 0 saturated carbocycles. The lowest BCUT2D eigenvalue weighted by Gasteiger charge is -2.29. The average molecular weight is 502 g/mol. The Bertz CT molecular complexity index is 1420. The molecule has 36 heavy (non-hydrogen) atoms. The van der Waals surface area contributed by atoms with Gasteiger partial charge in [-0.1, -0.05) is 12.1 Å². The molecule has 2 aromatic heterocycles. The van der Waals surface area contributed by atoms with Crippen molar-refractivity contribution in [1.82, 2.24) is 14.9 Å². The molecule has 2 aromatic carbocycles. The van der Waals surface area contributed by atoms with E-state index in [0.717, 1.165) is 17.1 Å². The molecular weight excluding hydrogens is 477 g/mol. The van der Waals surface area contributed by atoms with Crippen molar-refractivity contribution in [1.29, 1.82) is 0 Å². The minimum Gasteiger partial charge on any atom is -0.495 e. The van der Waals surface area contributed by atoms with E-state index in [1.165, 1.54) is 19.1 Å². The summed E-state index contributed by atoms with van der Waals surface area (Å²) in [6.07, 6.45) is 3.64. The van der Waals surface area contributed by atoms with E-state index in [1.807, 2.05) is 64.2 Å². The molecule has 0 spiro atoms. The van der Waals surface area contributed by atoms with Crippen molar-refractivity contribution < 1.29 is 13.9 Å². The number of ether oxygens (including phenoxy) is 1. The second-order valence-corrected chi connectivity index (χ2v) is 8.73. The summed E-state index contributed by atoms with van der Waals surface area (Å²) >= 11 is 5.82. The van der Waals surface area contributed by atoms with Gasteiger partial charge in [0.15, 0.2) is 5.11 Å². The number of halogens is 1. The molecule has 1 amide bonds. The maximum absolute atomic E-state index is 14.1. The molecule has 3 heterocycles. The molecule has 0 aliphatic carbocycles. The van der Waals surface area contributed by atoms with Crippen LogP contribution in [0.2, 0.25) is 0 Å². The molecule has 7 nitrogen and oxygen atoms in total. The number of amides is 1. The van der Waals surface area contributed by atoms with E-state index in [4.69, 9.17) is 17.0 Å². The third-order valence-electron chi connectivity index (χ3n) is 6.04. The van der Waals surface area contributed by atoms with Crippen molar-refractivity contribution in [2.45, 2.75) is 19.0 Å². The summed E-state index contributed by atoms with van der Waals surface area (Å²) in [4.78, 5) is 18.4. The van der Waals surface area contributed by atoms with E-state index in [-0.39, 0.29) is 23.8 Å². The van der Waals surface area contributed by atoms with Gasteiger partial charge in [0.25, 0.3) is 0 Å². The highest BCUT2D eigenvalue weighted by Gasteiger charge is 2.42. The van der Waals surface area contributed by atoms with Gasteiger partial charge in [-0.15, -0.1) is 0 Å². The van der Waals surface area contributed by atoms with Crippen LogP contribution in [0.3, 0.4) is 0 Å². The topological polar surface area (TPSA) is 71.4 Å². The largest absolute Gasteiger partial charge is 0.495 e. The molecule has 4 aromatic rings. The maximum Gasteiger partial charge on any atom is 0.221 e. The SMILES string of the molecule is COc1ccc(N2C(=S)N[C@H](c3ccccn3)[C@@H]2c2cccn2-c2cccc(F)c2)cc1NC(C)=O. The van der Waals surface area contributed by atoms with Crippen molar-refractivity contribution in [3.8, 4) is 11.4 Å². The molecule has 1 fully saturated rings. The molecule has 0 unspecified atom stereocenters. The van der Waals surface area contributed by atoms with Gasteiger partial charge in [0.1, 0.15) is 17.6 Å². The molecule has 182 valence electrons. The summed E-state index contributed by atoms with van der Waals surface area (Å²) in [7, 11) is 1.55. The quantitative estimate of drug-likeness (QED) is 0.356. The predicted molar refractivity (Wildman–Crippen MR) is 141 cm³/mol. The van der Waals surface area contributed by atoms with Crippen LogP contribution in [0.5, 0.6) is 5.75 Å². The zero-order chi connectivity index (χ0) is 25.2. The molecule has 2 atom stereocenters. The van der Waals surface area contributed by atoms with E-state index >= 15 is 0 Å². The van der Waals surface area contributed by atoms with Gasteiger partial charge in [0.2, 0.25) is 5.91 Å². The van der Waals surface area contributed by atoms with Crippen molar-refractivity contribution in [3.05, 3.63) is 102 Å². The Balaban J connectivity index is 1.66. The molecule has 9 heteroatoms. The number of pyridine rings is 1. The fraction of sp³-hybridized carbons (Fsp3) is 0.148. The molecule has 1 saturated heterocycles. The highest BCUT2D eigenvalue weighted by Crippen LogP contribution is 2.43. The zero-order valence-electron chi connectivity index (χ0n) is 19.7. The number of nitrogens with zero attached hydrogens (tertiary/aromatic N) is 3. The van der Waals surface area contributed by atoms with Crippen LogP contribution in [0.4, 0.5) is 15.8 Å². The van der Waals surface area contributed by atoms with E-state index < -0.39 is 0 Å². The first kappa shape index (κ1) is 23.5. The van der Waals surface area contributed by atoms with E-state index in [2.05, 4.69) is 15.6 Å². The van der Waals surface area contributed by atoms with Crippen molar-refractivity contribution in [2.24, 2.45) is 0 Å². The lowest BCUT2D eigenvalue weighted by molar-refractivity contribution is -0.114. The number of hydrogen-bond donors (Lipinski definition) is 2. The van der Waals surface area contributed by atoms with Crippen molar-refractivity contribution in [2.75, 3.05) is 17.3 Å². The smallest absolute Gasteiger partial charge is 0.221 e. The summed E-state index contributed by atoms with van der Waals surface area (Å²) in [5, 5.41) is 6.75. The first-order valence-electron chi connectivity index (χ1n) is 11.4. The van der Waals surface area contributed by atoms with Crippen molar-refractivity contribution in [3.63, 3.8) is 0 Å². The second kappa shape index (κ2) is 9.79. The van der Waals surface area contributed by atoms with E-state index in [0.29, 0.717) is 22.2 Å². The summed E-state index contributed by atoms with van der Waals surface area (Å²) in [6.45, 7) is 1.44. The summed E-state index contributed by atoms with van der Waals surface area (Å²) in [6, 6.07) is 21.0. The first-order valence-corrected chi connectivity index (χ1v) is 11.8. The lowest BCUT2D eigenvalue weighted by Crippen LogP contribution is -2.30. The van der Waals surface area contributed by atoms with Gasteiger partial charge in [-0.3, -0.25) is 9.78 Å². The standard InChI is InChI=1S/C27H24FN5O2S/c1-17(34)30-22-16-20(11-12-24(22)35-2)33-26(25(31-27(33)36)21-9-3-4-13-29-21)23-10-6-14-32(23)19-8-5-7-18(28)15-19/h3-16,25-26H,1-2H3,(H,30,34)(H,31,36)/t25-,26+/m1/s1. The Kier molecular flexibility index (Phi) is 6.39. The molecule has 5 rings (SSSR count). The number of benzene rings is 2. The number of anilines is 2. The number of carbonyl (C=O) groups excluding carboxylic acids is 1. The minimum absolute atomic E-state index is 0.213. The fourth-order valence-electron chi connectivity index (χ4n) is 4.56. The van der Waals surface area contributed by atoms with Crippen LogP contribution >= 0.6 is 12.2 Å². The number of carbonyl (C=O) groups is 1. The minimum atomic E-state index is -0.329. The van der Waals surface area contributed by atoms with E-state index in [1.54, 1.807) is 25.4 Å². The van der Waals surface area contributed by atoms with Crippen LogP contribution in [-0.2, 0) is 4.79 Å². The Labute approximate surface area is 213 Å². The highest BCUT2D eigenvalue weighted by atomic mass is 32.1. The number of hydrogen-bond acceptors (Lipinski definition) is 4. The number of thiocarbonyl (C=S) groups is 1. The zero-order valence-corrected chi connectivity index (χ0v) is 20.5. The Morgan fingerprint density at radius 1 is 1.08 bits per heavy atom. The molecular formula is C27H24FN5O2S. The number of aromatic nitrogens is 2. The third kappa shape index (κ3) is 4.40. The average Bonchev–Trinajstić information content (AvgIpc) is 3.48. The van der Waals surface area contributed by atoms with Gasteiger partial charge in [-0.05, 0) is 72.9 Å².